The third-order valence-electron chi connectivity index (χ3n) is 4.21. The van der Waals surface area contributed by atoms with Crippen LogP contribution in [0, 0.1) is 5.92 Å². The number of ketones is 1. The first-order valence-corrected chi connectivity index (χ1v) is 7.73. The number of hydrogen-bond donors (Lipinski definition) is 0. The van der Waals surface area contributed by atoms with Gasteiger partial charge in [0.25, 0.3) is 0 Å². The highest BCUT2D eigenvalue weighted by Crippen LogP contribution is 2.27. The van der Waals surface area contributed by atoms with Gasteiger partial charge in [-0.25, -0.2) is 0 Å². The molecule has 1 saturated carbocycles. The first-order chi connectivity index (χ1) is 10.3. The van der Waals surface area contributed by atoms with Gasteiger partial charge in [0.2, 0.25) is 0 Å². The van der Waals surface area contributed by atoms with Crippen LogP contribution in [-0.4, -0.2) is 15.8 Å². The summed E-state index contributed by atoms with van der Waals surface area (Å²) >= 11 is 0. The zero-order valence-electron chi connectivity index (χ0n) is 12.2. The normalized spacial score (nSPS) is 15.8. The summed E-state index contributed by atoms with van der Waals surface area (Å²) in [6, 6.07) is 9.50. The lowest BCUT2D eigenvalue weighted by Gasteiger charge is -2.20. The Bertz CT molecular complexity index is 586. The molecule has 0 unspecified atom stereocenters. The molecule has 0 radical (unpaired) electrons. The monoisotopic (exact) mass is 280 g/mol. The molecule has 0 atom stereocenters. The van der Waals surface area contributed by atoms with Crippen LogP contribution in [0.4, 0.5) is 0 Å². The maximum Gasteiger partial charge on any atom is 0.164 e. The lowest BCUT2D eigenvalue weighted by molar-refractivity contribution is 0.0950. The van der Waals surface area contributed by atoms with Gasteiger partial charge in [0.05, 0.1) is 11.4 Å². The van der Waals surface area contributed by atoms with Crippen LogP contribution in [0.1, 0.15) is 48.9 Å². The molecule has 1 aliphatic rings. The Balaban J connectivity index is 1.67. The minimum absolute atomic E-state index is 0.224. The van der Waals surface area contributed by atoms with Crippen molar-refractivity contribution in [2.75, 3.05) is 0 Å². The van der Waals surface area contributed by atoms with Gasteiger partial charge in [-0.1, -0.05) is 38.2 Å². The molecule has 0 amide bonds. The van der Waals surface area contributed by atoms with Crippen LogP contribution < -0.4 is 0 Å². The molecular weight excluding hydrogens is 260 g/mol. The molecule has 0 saturated heterocycles. The van der Waals surface area contributed by atoms with Gasteiger partial charge in [0, 0.05) is 24.4 Å². The SMILES string of the molecule is O=C(CC1CCCCC1)c1ccc(-c2ccccn2)nc1. The van der Waals surface area contributed by atoms with Crippen LogP contribution in [0.15, 0.2) is 42.7 Å². The maximum atomic E-state index is 12.3. The number of aromatic nitrogens is 2. The van der Waals surface area contributed by atoms with Crippen molar-refractivity contribution in [2.45, 2.75) is 38.5 Å². The van der Waals surface area contributed by atoms with Gasteiger partial charge >= 0.3 is 0 Å². The molecule has 2 aromatic heterocycles. The van der Waals surface area contributed by atoms with Gasteiger partial charge in [0.15, 0.2) is 5.78 Å². The van der Waals surface area contributed by atoms with Crippen LogP contribution in [0.2, 0.25) is 0 Å². The van der Waals surface area contributed by atoms with E-state index in [-0.39, 0.29) is 5.78 Å². The predicted molar refractivity (Wildman–Crippen MR) is 83.0 cm³/mol. The summed E-state index contributed by atoms with van der Waals surface area (Å²) in [5.41, 5.74) is 2.37. The van der Waals surface area contributed by atoms with Crippen molar-refractivity contribution in [3.63, 3.8) is 0 Å². The predicted octanol–water partition coefficient (Wildman–Crippen LogP) is 4.30. The van der Waals surface area contributed by atoms with E-state index in [0.717, 1.165) is 17.0 Å². The summed E-state index contributed by atoms with van der Waals surface area (Å²) in [5.74, 6) is 0.795. The number of rotatable bonds is 4. The lowest BCUT2D eigenvalue weighted by atomic mass is 9.85. The van der Waals surface area contributed by atoms with Crippen molar-refractivity contribution in [1.29, 1.82) is 0 Å². The molecule has 0 aromatic carbocycles. The van der Waals surface area contributed by atoms with Crippen LogP contribution in [-0.2, 0) is 0 Å². The largest absolute Gasteiger partial charge is 0.294 e. The number of Topliss-reactive ketones (excluding diaryl/α,β-unsaturated/α-hetero) is 1. The van der Waals surface area contributed by atoms with Crippen LogP contribution >= 0.6 is 0 Å². The Morgan fingerprint density at radius 3 is 2.48 bits per heavy atom. The fourth-order valence-electron chi connectivity index (χ4n) is 3.00. The zero-order chi connectivity index (χ0) is 14.5. The molecule has 0 aliphatic heterocycles. The van der Waals surface area contributed by atoms with E-state index in [1.807, 2.05) is 30.3 Å². The van der Waals surface area contributed by atoms with E-state index in [1.54, 1.807) is 12.4 Å². The van der Waals surface area contributed by atoms with Crippen LogP contribution in [0.3, 0.4) is 0 Å². The van der Waals surface area contributed by atoms with E-state index in [4.69, 9.17) is 0 Å². The van der Waals surface area contributed by atoms with Gasteiger partial charge in [-0.05, 0) is 30.2 Å². The topological polar surface area (TPSA) is 42.9 Å². The number of carbonyl (C=O) groups excluding carboxylic acids is 1. The van der Waals surface area contributed by atoms with E-state index in [9.17, 15) is 4.79 Å². The lowest BCUT2D eigenvalue weighted by Crippen LogP contribution is -2.12. The fourth-order valence-corrected chi connectivity index (χ4v) is 3.00. The van der Waals surface area contributed by atoms with Crippen molar-refractivity contribution in [1.82, 2.24) is 9.97 Å². The Hall–Kier alpha value is -2.03. The molecule has 2 heterocycles. The summed E-state index contributed by atoms with van der Waals surface area (Å²) in [4.78, 5) is 21.0. The minimum atomic E-state index is 0.224. The number of pyridine rings is 2. The second-order valence-electron chi connectivity index (χ2n) is 5.78. The average Bonchev–Trinajstić information content (AvgIpc) is 2.57. The van der Waals surface area contributed by atoms with Crippen molar-refractivity contribution in [3.8, 4) is 11.4 Å². The molecule has 0 bridgehead atoms. The van der Waals surface area contributed by atoms with Crippen molar-refractivity contribution >= 4 is 5.78 Å². The minimum Gasteiger partial charge on any atom is -0.294 e. The van der Waals surface area contributed by atoms with E-state index in [0.29, 0.717) is 12.3 Å². The quantitative estimate of drug-likeness (QED) is 0.784. The second-order valence-corrected chi connectivity index (χ2v) is 5.78. The van der Waals surface area contributed by atoms with E-state index in [1.165, 1.54) is 32.1 Å². The standard InChI is InChI=1S/C18H20N2O/c21-18(12-14-6-2-1-3-7-14)15-9-10-17(20-13-15)16-8-4-5-11-19-16/h4-5,8-11,13-14H,1-3,6-7,12H2. The van der Waals surface area contributed by atoms with Gasteiger partial charge in [-0.3, -0.25) is 14.8 Å². The molecule has 108 valence electrons. The molecule has 3 heteroatoms. The molecule has 21 heavy (non-hydrogen) atoms. The molecule has 1 fully saturated rings. The molecule has 2 aromatic rings. The third-order valence-corrected chi connectivity index (χ3v) is 4.21. The van der Waals surface area contributed by atoms with E-state index in [2.05, 4.69) is 9.97 Å². The van der Waals surface area contributed by atoms with Gasteiger partial charge in [0.1, 0.15) is 0 Å². The number of nitrogens with zero attached hydrogens (tertiary/aromatic N) is 2. The highest BCUT2D eigenvalue weighted by atomic mass is 16.1. The Labute approximate surface area is 125 Å². The number of hydrogen-bond acceptors (Lipinski definition) is 3. The molecular formula is C18H20N2O. The van der Waals surface area contributed by atoms with E-state index < -0.39 is 0 Å². The highest BCUT2D eigenvalue weighted by molar-refractivity contribution is 5.96. The van der Waals surface area contributed by atoms with Crippen LogP contribution in [0.5, 0.6) is 0 Å². The molecule has 0 N–H and O–H groups in total. The van der Waals surface area contributed by atoms with Gasteiger partial charge in [-0.2, -0.15) is 0 Å². The van der Waals surface area contributed by atoms with Gasteiger partial charge in [-0.15, -0.1) is 0 Å². The summed E-state index contributed by atoms with van der Waals surface area (Å²) in [6.07, 6.45) is 10.4. The van der Waals surface area contributed by atoms with Crippen molar-refractivity contribution in [2.24, 2.45) is 5.92 Å². The Morgan fingerprint density at radius 2 is 1.81 bits per heavy atom. The highest BCUT2D eigenvalue weighted by Gasteiger charge is 2.18. The third kappa shape index (κ3) is 3.54. The summed E-state index contributed by atoms with van der Waals surface area (Å²) in [6.45, 7) is 0. The average molecular weight is 280 g/mol. The van der Waals surface area contributed by atoms with E-state index >= 15 is 0 Å². The van der Waals surface area contributed by atoms with Crippen molar-refractivity contribution in [3.05, 3.63) is 48.3 Å². The Kier molecular flexibility index (Phi) is 4.39. The summed E-state index contributed by atoms with van der Waals surface area (Å²) in [5, 5.41) is 0. The number of carbonyl (C=O) groups is 1. The molecule has 3 nitrogen and oxygen atoms in total. The zero-order valence-corrected chi connectivity index (χ0v) is 12.2. The smallest absolute Gasteiger partial charge is 0.164 e. The maximum absolute atomic E-state index is 12.3. The Morgan fingerprint density at radius 1 is 1.00 bits per heavy atom. The molecule has 1 aliphatic carbocycles. The molecule has 3 rings (SSSR count). The summed E-state index contributed by atoms with van der Waals surface area (Å²) < 4.78 is 0. The first-order valence-electron chi connectivity index (χ1n) is 7.73. The molecule has 0 spiro atoms. The summed E-state index contributed by atoms with van der Waals surface area (Å²) in [7, 11) is 0. The fraction of sp³-hybridized carbons (Fsp3) is 0.389. The second kappa shape index (κ2) is 6.61. The van der Waals surface area contributed by atoms with Gasteiger partial charge < -0.3 is 0 Å². The first kappa shape index (κ1) is 13.9. The van der Waals surface area contributed by atoms with Crippen LogP contribution in [0.25, 0.3) is 11.4 Å². The van der Waals surface area contributed by atoms with Crippen molar-refractivity contribution < 1.29 is 4.79 Å².